The molecule has 2 aromatic rings. The summed E-state index contributed by atoms with van der Waals surface area (Å²) >= 11 is 6.40. The summed E-state index contributed by atoms with van der Waals surface area (Å²) in [6.45, 7) is 0.000289. The minimum absolute atomic E-state index is 0.000289. The standard InChI is InChI=1S/C18H18ClF3N4O/c1-26(2)13(27)9-23-17-14(19)15(24-16(25-17)11-3-4-11)10-5-7-12(8-6-10)18(20,21)22/h5-8,11H,3-4,9H2,1-2H3,(H,23,24,25). The van der Waals surface area contributed by atoms with Gasteiger partial charge in [-0.15, -0.1) is 0 Å². The predicted octanol–water partition coefficient (Wildman–Crippen LogP) is 4.19. The Morgan fingerprint density at radius 2 is 1.85 bits per heavy atom. The van der Waals surface area contributed by atoms with Crippen LogP contribution in [0.2, 0.25) is 5.02 Å². The van der Waals surface area contributed by atoms with E-state index in [0.29, 0.717) is 22.9 Å². The molecule has 1 aliphatic rings. The van der Waals surface area contributed by atoms with Gasteiger partial charge >= 0.3 is 6.18 Å². The van der Waals surface area contributed by atoms with Gasteiger partial charge in [0.15, 0.2) is 0 Å². The second kappa shape index (κ2) is 7.34. The maximum atomic E-state index is 12.8. The maximum Gasteiger partial charge on any atom is 0.416 e. The van der Waals surface area contributed by atoms with Crippen molar-refractivity contribution in [2.75, 3.05) is 26.0 Å². The van der Waals surface area contributed by atoms with Crippen molar-refractivity contribution in [1.29, 1.82) is 0 Å². The molecule has 9 heteroatoms. The Labute approximate surface area is 159 Å². The smallest absolute Gasteiger partial charge is 0.360 e. The number of hydrogen-bond acceptors (Lipinski definition) is 4. The summed E-state index contributed by atoms with van der Waals surface area (Å²) in [6.07, 6.45) is -2.51. The molecule has 0 spiro atoms. The molecule has 1 N–H and O–H groups in total. The Morgan fingerprint density at radius 1 is 1.22 bits per heavy atom. The summed E-state index contributed by atoms with van der Waals surface area (Å²) in [5, 5.41) is 3.08. The second-order valence-electron chi connectivity index (χ2n) is 6.58. The molecule has 5 nitrogen and oxygen atoms in total. The first kappa shape index (κ1) is 19.4. The largest absolute Gasteiger partial charge is 0.416 e. The van der Waals surface area contributed by atoms with Crippen molar-refractivity contribution < 1.29 is 18.0 Å². The molecule has 0 aliphatic heterocycles. The van der Waals surface area contributed by atoms with Crippen LogP contribution in [0.5, 0.6) is 0 Å². The van der Waals surface area contributed by atoms with Crippen molar-refractivity contribution in [3.8, 4) is 11.3 Å². The number of nitrogens with one attached hydrogen (secondary N) is 1. The summed E-state index contributed by atoms with van der Waals surface area (Å²) in [5.41, 5.74) is 0.0650. The van der Waals surface area contributed by atoms with E-state index in [2.05, 4.69) is 15.3 Å². The molecular weight excluding hydrogens is 381 g/mol. The molecule has 1 fully saturated rings. The first-order chi connectivity index (χ1) is 12.7. The van der Waals surface area contributed by atoms with Crippen molar-refractivity contribution in [3.63, 3.8) is 0 Å². The maximum absolute atomic E-state index is 12.8. The van der Waals surface area contributed by atoms with Gasteiger partial charge in [0, 0.05) is 25.6 Å². The van der Waals surface area contributed by atoms with Crippen LogP contribution < -0.4 is 5.32 Å². The number of aromatic nitrogens is 2. The second-order valence-corrected chi connectivity index (χ2v) is 6.96. The molecule has 0 atom stereocenters. The normalized spacial score (nSPS) is 14.1. The minimum Gasteiger partial charge on any atom is -0.360 e. The quantitative estimate of drug-likeness (QED) is 0.820. The monoisotopic (exact) mass is 398 g/mol. The van der Waals surface area contributed by atoms with Crippen molar-refractivity contribution in [2.45, 2.75) is 24.9 Å². The molecule has 0 saturated heterocycles. The number of carbonyl (C=O) groups excluding carboxylic acids is 1. The van der Waals surface area contributed by atoms with Crippen LogP contribution in [0, 0.1) is 0 Å². The molecule has 3 rings (SSSR count). The fraction of sp³-hybridized carbons (Fsp3) is 0.389. The number of amides is 1. The van der Waals surface area contributed by atoms with Crippen molar-refractivity contribution in [3.05, 3.63) is 40.7 Å². The van der Waals surface area contributed by atoms with E-state index in [1.807, 2.05) is 0 Å². The average Bonchev–Trinajstić information content (AvgIpc) is 3.45. The van der Waals surface area contributed by atoms with Gasteiger partial charge in [0.2, 0.25) is 5.91 Å². The van der Waals surface area contributed by atoms with E-state index in [9.17, 15) is 18.0 Å². The molecule has 1 aromatic heterocycles. The van der Waals surface area contributed by atoms with Crippen LogP contribution in [0.3, 0.4) is 0 Å². The molecule has 1 aromatic carbocycles. The zero-order chi connectivity index (χ0) is 19.8. The van der Waals surface area contributed by atoms with Crippen LogP contribution in [0.25, 0.3) is 11.3 Å². The first-order valence-corrected chi connectivity index (χ1v) is 8.73. The van der Waals surface area contributed by atoms with Crippen LogP contribution in [0.4, 0.5) is 19.0 Å². The molecule has 27 heavy (non-hydrogen) atoms. The molecule has 0 radical (unpaired) electrons. The van der Waals surface area contributed by atoms with E-state index in [-0.39, 0.29) is 23.4 Å². The number of halogens is 4. The SMILES string of the molecule is CN(C)C(=O)CNc1nc(C2CC2)nc(-c2ccc(C(F)(F)F)cc2)c1Cl. The average molecular weight is 399 g/mol. The molecule has 0 bridgehead atoms. The van der Waals surface area contributed by atoms with Gasteiger partial charge in [0.1, 0.15) is 16.7 Å². The lowest BCUT2D eigenvalue weighted by atomic mass is 10.1. The first-order valence-electron chi connectivity index (χ1n) is 8.36. The number of benzene rings is 1. The number of likely N-dealkylation sites (N-methyl/N-ethyl adjacent to an activating group) is 1. The Morgan fingerprint density at radius 3 is 2.37 bits per heavy atom. The van der Waals surface area contributed by atoms with Gasteiger partial charge in [0.25, 0.3) is 0 Å². The van der Waals surface area contributed by atoms with Crippen molar-refractivity contribution >= 4 is 23.3 Å². The summed E-state index contributed by atoms with van der Waals surface area (Å²) in [5.74, 6) is 0.932. The Hall–Kier alpha value is -2.35. The molecule has 1 heterocycles. The third kappa shape index (κ3) is 4.50. The third-order valence-electron chi connectivity index (χ3n) is 4.20. The number of anilines is 1. The van der Waals surface area contributed by atoms with Crippen LogP contribution in [0.15, 0.2) is 24.3 Å². The fourth-order valence-electron chi connectivity index (χ4n) is 2.43. The lowest BCUT2D eigenvalue weighted by Crippen LogP contribution is -2.29. The zero-order valence-corrected chi connectivity index (χ0v) is 15.5. The Kier molecular flexibility index (Phi) is 5.28. The van der Waals surface area contributed by atoms with E-state index in [1.165, 1.54) is 17.0 Å². The predicted molar refractivity (Wildman–Crippen MR) is 96.6 cm³/mol. The molecule has 144 valence electrons. The highest BCUT2D eigenvalue weighted by atomic mass is 35.5. The van der Waals surface area contributed by atoms with E-state index in [1.54, 1.807) is 14.1 Å². The van der Waals surface area contributed by atoms with Crippen molar-refractivity contribution in [2.24, 2.45) is 0 Å². The van der Waals surface area contributed by atoms with Gasteiger partial charge in [-0.3, -0.25) is 4.79 Å². The lowest BCUT2D eigenvalue weighted by Gasteiger charge is -2.15. The fourth-order valence-corrected chi connectivity index (χ4v) is 2.69. The highest BCUT2D eigenvalue weighted by molar-refractivity contribution is 6.35. The third-order valence-corrected chi connectivity index (χ3v) is 4.56. The number of hydrogen-bond donors (Lipinski definition) is 1. The summed E-state index contributed by atoms with van der Waals surface area (Å²) in [4.78, 5) is 22.1. The molecular formula is C18H18ClF3N4O. The van der Waals surface area contributed by atoms with E-state index in [0.717, 1.165) is 25.0 Å². The van der Waals surface area contributed by atoms with Crippen LogP contribution in [-0.4, -0.2) is 41.4 Å². The molecule has 1 saturated carbocycles. The zero-order valence-electron chi connectivity index (χ0n) is 14.8. The van der Waals surface area contributed by atoms with Gasteiger partial charge in [-0.1, -0.05) is 23.7 Å². The topological polar surface area (TPSA) is 58.1 Å². The number of nitrogens with zero attached hydrogens (tertiary/aromatic N) is 3. The van der Waals surface area contributed by atoms with Crippen molar-refractivity contribution in [1.82, 2.24) is 14.9 Å². The van der Waals surface area contributed by atoms with Crippen LogP contribution >= 0.6 is 11.6 Å². The number of carbonyl (C=O) groups is 1. The summed E-state index contributed by atoms with van der Waals surface area (Å²) < 4.78 is 38.4. The van der Waals surface area contributed by atoms with Gasteiger partial charge in [-0.2, -0.15) is 13.2 Å². The number of rotatable bonds is 5. The van der Waals surface area contributed by atoms with Gasteiger partial charge in [0.05, 0.1) is 17.8 Å². The summed E-state index contributed by atoms with van der Waals surface area (Å²) in [7, 11) is 3.27. The highest BCUT2D eigenvalue weighted by Crippen LogP contribution is 2.41. The minimum atomic E-state index is -4.41. The molecule has 0 unspecified atom stereocenters. The Balaban J connectivity index is 1.95. The van der Waals surface area contributed by atoms with Gasteiger partial charge < -0.3 is 10.2 Å². The Bertz CT molecular complexity index is 849. The van der Waals surface area contributed by atoms with Gasteiger partial charge in [-0.25, -0.2) is 9.97 Å². The van der Waals surface area contributed by atoms with Crippen LogP contribution in [0.1, 0.15) is 30.1 Å². The summed E-state index contributed by atoms with van der Waals surface area (Å²) in [6, 6.07) is 4.66. The number of alkyl halides is 3. The van der Waals surface area contributed by atoms with E-state index >= 15 is 0 Å². The molecule has 1 aliphatic carbocycles. The van der Waals surface area contributed by atoms with E-state index < -0.39 is 11.7 Å². The van der Waals surface area contributed by atoms with E-state index in [4.69, 9.17) is 11.6 Å². The highest BCUT2D eigenvalue weighted by Gasteiger charge is 2.31. The molecule has 1 amide bonds. The lowest BCUT2D eigenvalue weighted by molar-refractivity contribution is -0.137. The van der Waals surface area contributed by atoms with Gasteiger partial charge in [-0.05, 0) is 25.0 Å². The van der Waals surface area contributed by atoms with Crippen LogP contribution in [-0.2, 0) is 11.0 Å².